The molecule has 0 amide bonds. The lowest BCUT2D eigenvalue weighted by atomic mass is 10.2. The van der Waals surface area contributed by atoms with Gasteiger partial charge in [-0.05, 0) is 25.0 Å². The molecule has 2 N–H and O–H groups in total. The van der Waals surface area contributed by atoms with Crippen LogP contribution in [0, 0.1) is 0 Å². The number of benzene rings is 1. The molecule has 4 nitrogen and oxygen atoms in total. The van der Waals surface area contributed by atoms with Gasteiger partial charge in [0.2, 0.25) is 10.0 Å². The van der Waals surface area contributed by atoms with Crippen LogP contribution in [0.4, 0.5) is 5.69 Å². The number of piperidine rings is 1. The van der Waals surface area contributed by atoms with E-state index >= 15 is 0 Å². The molecule has 0 atom stereocenters. The molecule has 1 heterocycles. The lowest BCUT2D eigenvalue weighted by Gasteiger charge is -2.26. The first-order valence-corrected chi connectivity index (χ1v) is 7.39. The number of nitrogen functional groups attached to an aromatic ring is 1. The van der Waals surface area contributed by atoms with Gasteiger partial charge < -0.3 is 5.73 Å². The zero-order valence-electron chi connectivity index (χ0n) is 9.39. The summed E-state index contributed by atoms with van der Waals surface area (Å²) in [4.78, 5) is 0.0450. The third kappa shape index (κ3) is 2.41. The monoisotopic (exact) mass is 274 g/mol. The van der Waals surface area contributed by atoms with E-state index in [-0.39, 0.29) is 15.6 Å². The largest absolute Gasteiger partial charge is 0.398 e. The third-order valence-corrected chi connectivity index (χ3v) is 5.35. The summed E-state index contributed by atoms with van der Waals surface area (Å²) >= 11 is 5.95. The molecule has 1 aliphatic rings. The Hall–Kier alpha value is -0.780. The Morgan fingerprint density at radius 2 is 1.82 bits per heavy atom. The van der Waals surface area contributed by atoms with Gasteiger partial charge in [-0.3, -0.25) is 0 Å². The average Bonchev–Trinajstić information content (AvgIpc) is 2.29. The van der Waals surface area contributed by atoms with Gasteiger partial charge in [0, 0.05) is 13.1 Å². The highest BCUT2D eigenvalue weighted by molar-refractivity contribution is 7.89. The van der Waals surface area contributed by atoms with Gasteiger partial charge in [-0.25, -0.2) is 8.42 Å². The van der Waals surface area contributed by atoms with Gasteiger partial charge in [0.15, 0.2) is 0 Å². The molecule has 1 aromatic rings. The highest BCUT2D eigenvalue weighted by Crippen LogP contribution is 2.31. The van der Waals surface area contributed by atoms with Crippen molar-refractivity contribution >= 4 is 27.3 Å². The standard InChI is InChI=1S/C11H15ClN2O2S/c12-9-5-4-6-10(13)11(9)17(15,16)14-7-2-1-3-8-14/h4-6H,1-3,7-8,13H2. The maximum absolute atomic E-state index is 12.4. The van der Waals surface area contributed by atoms with Crippen LogP contribution in [0.5, 0.6) is 0 Å². The molecule has 6 heteroatoms. The third-order valence-electron chi connectivity index (χ3n) is 2.91. The molecule has 0 saturated carbocycles. The van der Waals surface area contributed by atoms with Crippen LogP contribution in [0.3, 0.4) is 0 Å². The Kier molecular flexibility index (Phi) is 3.61. The number of hydrogen-bond donors (Lipinski definition) is 1. The van der Waals surface area contributed by atoms with Crippen LogP contribution in [0.2, 0.25) is 5.02 Å². The molecule has 1 fully saturated rings. The van der Waals surface area contributed by atoms with Crippen molar-refractivity contribution in [2.45, 2.75) is 24.2 Å². The molecule has 17 heavy (non-hydrogen) atoms. The van der Waals surface area contributed by atoms with Crippen molar-refractivity contribution in [1.29, 1.82) is 0 Å². The van der Waals surface area contributed by atoms with E-state index in [9.17, 15) is 8.42 Å². The normalized spacial score (nSPS) is 18.2. The minimum Gasteiger partial charge on any atom is -0.398 e. The number of nitrogens with two attached hydrogens (primary N) is 1. The maximum atomic E-state index is 12.4. The fourth-order valence-electron chi connectivity index (χ4n) is 2.03. The first-order chi connectivity index (χ1) is 8.03. The summed E-state index contributed by atoms with van der Waals surface area (Å²) in [5.41, 5.74) is 5.94. The fourth-order valence-corrected chi connectivity index (χ4v) is 4.18. The van der Waals surface area contributed by atoms with Crippen molar-refractivity contribution in [3.8, 4) is 0 Å². The first kappa shape index (κ1) is 12.7. The Balaban J connectivity index is 2.44. The lowest BCUT2D eigenvalue weighted by Crippen LogP contribution is -2.36. The molecule has 0 aromatic heterocycles. The number of anilines is 1. The maximum Gasteiger partial charge on any atom is 0.246 e. The number of sulfonamides is 1. The second-order valence-corrected chi connectivity index (χ2v) is 6.40. The number of nitrogens with zero attached hydrogens (tertiary/aromatic N) is 1. The molecular weight excluding hydrogens is 260 g/mol. The van der Waals surface area contributed by atoms with Crippen LogP contribution in [-0.4, -0.2) is 25.8 Å². The number of rotatable bonds is 2. The molecule has 94 valence electrons. The van der Waals surface area contributed by atoms with Crippen LogP contribution < -0.4 is 5.73 Å². The SMILES string of the molecule is Nc1cccc(Cl)c1S(=O)(=O)N1CCCCC1. The van der Waals surface area contributed by atoms with Gasteiger partial charge in [0.1, 0.15) is 4.90 Å². The second kappa shape index (κ2) is 4.84. The molecule has 1 saturated heterocycles. The predicted octanol–water partition coefficient (Wildman–Crippen LogP) is 2.10. The van der Waals surface area contributed by atoms with Gasteiger partial charge in [-0.2, -0.15) is 4.31 Å². The van der Waals surface area contributed by atoms with Crippen molar-refractivity contribution in [2.24, 2.45) is 0 Å². The second-order valence-electron chi connectivity index (χ2n) is 4.12. The van der Waals surface area contributed by atoms with E-state index in [4.69, 9.17) is 17.3 Å². The van der Waals surface area contributed by atoms with Gasteiger partial charge in [0.05, 0.1) is 10.7 Å². The van der Waals surface area contributed by atoms with Crippen LogP contribution in [-0.2, 0) is 10.0 Å². The minimum atomic E-state index is -3.55. The Morgan fingerprint density at radius 3 is 2.41 bits per heavy atom. The van der Waals surface area contributed by atoms with Crippen molar-refractivity contribution in [3.05, 3.63) is 23.2 Å². The van der Waals surface area contributed by atoms with Crippen molar-refractivity contribution in [1.82, 2.24) is 4.31 Å². The van der Waals surface area contributed by atoms with Crippen molar-refractivity contribution in [2.75, 3.05) is 18.8 Å². The summed E-state index contributed by atoms with van der Waals surface area (Å²) in [6.07, 6.45) is 2.86. The van der Waals surface area contributed by atoms with Crippen LogP contribution in [0.15, 0.2) is 23.1 Å². The zero-order valence-corrected chi connectivity index (χ0v) is 11.0. The Bertz CT molecular complexity index is 490. The number of hydrogen-bond acceptors (Lipinski definition) is 3. The molecule has 2 rings (SSSR count). The molecule has 0 bridgehead atoms. The summed E-state index contributed by atoms with van der Waals surface area (Å²) < 4.78 is 26.2. The van der Waals surface area contributed by atoms with E-state index in [1.165, 1.54) is 4.31 Å². The minimum absolute atomic E-state index is 0.0450. The van der Waals surface area contributed by atoms with Gasteiger partial charge in [-0.15, -0.1) is 0 Å². The smallest absolute Gasteiger partial charge is 0.246 e. The lowest BCUT2D eigenvalue weighted by molar-refractivity contribution is 0.347. The van der Waals surface area contributed by atoms with E-state index < -0.39 is 10.0 Å². The van der Waals surface area contributed by atoms with E-state index in [0.717, 1.165) is 19.3 Å². The van der Waals surface area contributed by atoms with E-state index in [1.807, 2.05) is 0 Å². The molecule has 0 unspecified atom stereocenters. The van der Waals surface area contributed by atoms with Crippen molar-refractivity contribution < 1.29 is 8.42 Å². The summed E-state index contributed by atoms with van der Waals surface area (Å²) in [5.74, 6) is 0. The Morgan fingerprint density at radius 1 is 1.18 bits per heavy atom. The number of halogens is 1. The van der Waals surface area contributed by atoms with Crippen LogP contribution in [0.1, 0.15) is 19.3 Å². The first-order valence-electron chi connectivity index (χ1n) is 5.57. The summed E-state index contributed by atoms with van der Waals surface area (Å²) in [6, 6.07) is 4.75. The van der Waals surface area contributed by atoms with E-state index in [0.29, 0.717) is 13.1 Å². The molecule has 0 spiro atoms. The van der Waals surface area contributed by atoms with E-state index in [1.54, 1.807) is 18.2 Å². The topological polar surface area (TPSA) is 63.4 Å². The highest BCUT2D eigenvalue weighted by atomic mass is 35.5. The van der Waals surface area contributed by atoms with Crippen LogP contribution >= 0.6 is 11.6 Å². The summed E-state index contributed by atoms with van der Waals surface area (Å²) in [6.45, 7) is 1.10. The molecule has 1 aliphatic heterocycles. The predicted molar refractivity (Wildman–Crippen MR) is 68.5 cm³/mol. The Labute approximate surface area is 106 Å². The summed E-state index contributed by atoms with van der Waals surface area (Å²) in [7, 11) is -3.55. The zero-order chi connectivity index (χ0) is 12.5. The average molecular weight is 275 g/mol. The van der Waals surface area contributed by atoms with Gasteiger partial charge >= 0.3 is 0 Å². The van der Waals surface area contributed by atoms with Crippen molar-refractivity contribution in [3.63, 3.8) is 0 Å². The van der Waals surface area contributed by atoms with Gasteiger partial charge in [-0.1, -0.05) is 24.1 Å². The molecule has 0 aliphatic carbocycles. The summed E-state index contributed by atoms with van der Waals surface area (Å²) in [5, 5.41) is 0.190. The fraction of sp³-hybridized carbons (Fsp3) is 0.455. The van der Waals surface area contributed by atoms with Gasteiger partial charge in [0.25, 0.3) is 0 Å². The van der Waals surface area contributed by atoms with Crippen LogP contribution in [0.25, 0.3) is 0 Å². The molecular formula is C11H15ClN2O2S. The quantitative estimate of drug-likeness (QED) is 0.840. The van der Waals surface area contributed by atoms with E-state index in [2.05, 4.69) is 0 Å². The molecule has 0 radical (unpaired) electrons. The highest BCUT2D eigenvalue weighted by Gasteiger charge is 2.29. The molecule has 1 aromatic carbocycles.